The van der Waals surface area contributed by atoms with Crippen LogP contribution in [0.15, 0.2) is 27.9 Å². The van der Waals surface area contributed by atoms with E-state index in [0.717, 1.165) is 0 Å². The molecule has 0 atom stereocenters. The quantitative estimate of drug-likeness (QED) is 0.700. The van der Waals surface area contributed by atoms with Gasteiger partial charge in [0.1, 0.15) is 18.5 Å². The van der Waals surface area contributed by atoms with Crippen LogP contribution in [0.25, 0.3) is 0 Å². The second kappa shape index (κ2) is 7.66. The molecule has 1 aliphatic rings. The number of carbonyl (C=O) groups is 2. The Kier molecular flexibility index (Phi) is 5.83. The van der Waals surface area contributed by atoms with Crippen LogP contribution in [0.3, 0.4) is 0 Å². The fourth-order valence-electron chi connectivity index (χ4n) is 2.25. The van der Waals surface area contributed by atoms with Crippen molar-refractivity contribution < 1.29 is 23.8 Å². The van der Waals surface area contributed by atoms with Crippen molar-refractivity contribution in [3.8, 4) is 6.07 Å². The number of carbonyl (C=O) groups excluding carboxylic acids is 2. The summed E-state index contributed by atoms with van der Waals surface area (Å²) in [4.78, 5) is 25.5. The zero-order valence-electron chi connectivity index (χ0n) is 12.8. The first-order valence-corrected chi connectivity index (χ1v) is 7.75. The van der Waals surface area contributed by atoms with Crippen LogP contribution in [0.2, 0.25) is 5.02 Å². The van der Waals surface area contributed by atoms with Gasteiger partial charge < -0.3 is 19.1 Å². The number of anilines is 1. The van der Waals surface area contributed by atoms with E-state index in [1.165, 1.54) is 19.1 Å². The molecule has 0 fully saturated rings. The van der Waals surface area contributed by atoms with Gasteiger partial charge in [0.25, 0.3) is 0 Å². The van der Waals surface area contributed by atoms with Gasteiger partial charge in [0.05, 0.1) is 42.7 Å². The van der Waals surface area contributed by atoms with Crippen LogP contribution >= 0.6 is 27.5 Å². The Hall–Kier alpha value is -2.08. The van der Waals surface area contributed by atoms with E-state index in [-0.39, 0.29) is 40.9 Å². The van der Waals surface area contributed by atoms with Crippen molar-refractivity contribution in [2.75, 3.05) is 32.5 Å². The van der Waals surface area contributed by atoms with Crippen molar-refractivity contribution in [3.63, 3.8) is 0 Å². The lowest BCUT2D eigenvalue weighted by molar-refractivity contribution is -0.140. The SMILES string of the molecule is COC(=O)C1=C(C(=O)OC)N(c2c(Cl)cc(Br)cc2C#N)COC1. The van der Waals surface area contributed by atoms with E-state index in [9.17, 15) is 14.9 Å². The van der Waals surface area contributed by atoms with E-state index in [1.54, 1.807) is 12.1 Å². The molecule has 1 aromatic carbocycles. The third-order valence-electron chi connectivity index (χ3n) is 3.25. The third kappa shape index (κ3) is 3.38. The van der Waals surface area contributed by atoms with Gasteiger partial charge in [0.2, 0.25) is 0 Å². The van der Waals surface area contributed by atoms with Crippen molar-refractivity contribution >= 4 is 45.2 Å². The number of rotatable bonds is 3. The summed E-state index contributed by atoms with van der Waals surface area (Å²) in [6, 6.07) is 5.12. The summed E-state index contributed by atoms with van der Waals surface area (Å²) in [7, 11) is 2.38. The standard InChI is InChI=1S/C15H12BrClN2O5/c1-22-14(20)10-6-24-7-19(13(10)15(21)23-2)12-8(5-18)3-9(16)4-11(12)17/h3-4H,6-7H2,1-2H3. The molecular weight excluding hydrogens is 404 g/mol. The van der Waals surface area contributed by atoms with Crippen molar-refractivity contribution in [1.82, 2.24) is 0 Å². The van der Waals surface area contributed by atoms with Gasteiger partial charge in [0.15, 0.2) is 0 Å². The molecule has 1 aromatic rings. The molecule has 1 heterocycles. The van der Waals surface area contributed by atoms with Gasteiger partial charge in [-0.3, -0.25) is 0 Å². The van der Waals surface area contributed by atoms with E-state index < -0.39 is 11.9 Å². The molecule has 0 unspecified atom stereocenters. The highest BCUT2D eigenvalue weighted by atomic mass is 79.9. The Balaban J connectivity index is 2.71. The number of esters is 2. The average Bonchev–Trinajstić information content (AvgIpc) is 2.59. The minimum atomic E-state index is -0.762. The van der Waals surface area contributed by atoms with Gasteiger partial charge in [-0.25, -0.2) is 9.59 Å². The molecule has 0 aromatic heterocycles. The van der Waals surface area contributed by atoms with E-state index in [2.05, 4.69) is 20.7 Å². The van der Waals surface area contributed by atoms with Crippen LogP contribution in [0.4, 0.5) is 5.69 Å². The summed E-state index contributed by atoms with van der Waals surface area (Å²) in [6.45, 7) is -0.204. The molecule has 0 saturated heterocycles. The fraction of sp³-hybridized carbons (Fsp3) is 0.267. The van der Waals surface area contributed by atoms with Crippen LogP contribution < -0.4 is 4.90 Å². The summed E-state index contributed by atoms with van der Waals surface area (Å²) in [5.74, 6) is -1.49. The van der Waals surface area contributed by atoms with E-state index >= 15 is 0 Å². The Morgan fingerprint density at radius 1 is 1.33 bits per heavy atom. The van der Waals surface area contributed by atoms with E-state index in [4.69, 9.17) is 21.1 Å². The summed E-state index contributed by atoms with van der Waals surface area (Å²) in [5.41, 5.74) is 0.351. The van der Waals surface area contributed by atoms with Gasteiger partial charge in [0, 0.05) is 4.47 Å². The van der Waals surface area contributed by atoms with Crippen LogP contribution in [0, 0.1) is 11.3 Å². The van der Waals surface area contributed by atoms with Crippen LogP contribution in [-0.2, 0) is 23.8 Å². The van der Waals surface area contributed by atoms with E-state index in [1.807, 2.05) is 6.07 Å². The number of ether oxygens (including phenoxy) is 3. The number of hydrogen-bond donors (Lipinski definition) is 0. The van der Waals surface area contributed by atoms with Crippen LogP contribution in [-0.4, -0.2) is 39.5 Å². The molecule has 0 aliphatic carbocycles. The monoisotopic (exact) mass is 414 g/mol. The molecule has 0 saturated carbocycles. The Labute approximate surface area is 151 Å². The number of methoxy groups -OCH3 is 2. The molecule has 7 nitrogen and oxygen atoms in total. The molecule has 126 valence electrons. The zero-order chi connectivity index (χ0) is 17.9. The second-order valence-corrected chi connectivity index (χ2v) is 5.93. The topological polar surface area (TPSA) is 88.9 Å². The first-order valence-electron chi connectivity index (χ1n) is 6.58. The van der Waals surface area contributed by atoms with Crippen molar-refractivity contribution in [2.45, 2.75) is 0 Å². The Morgan fingerprint density at radius 2 is 2.00 bits per heavy atom. The largest absolute Gasteiger partial charge is 0.466 e. The first kappa shape index (κ1) is 18.3. The predicted molar refractivity (Wildman–Crippen MR) is 88.2 cm³/mol. The molecule has 1 aliphatic heterocycles. The highest BCUT2D eigenvalue weighted by Gasteiger charge is 2.34. The van der Waals surface area contributed by atoms with Gasteiger partial charge in [-0.2, -0.15) is 5.26 Å². The molecule has 0 spiro atoms. The predicted octanol–water partition coefficient (Wildman–Crippen LogP) is 2.37. The molecule has 0 amide bonds. The number of nitriles is 1. The summed E-state index contributed by atoms with van der Waals surface area (Å²) in [6.07, 6.45) is 0. The lowest BCUT2D eigenvalue weighted by Gasteiger charge is -2.32. The van der Waals surface area contributed by atoms with E-state index in [0.29, 0.717) is 4.47 Å². The van der Waals surface area contributed by atoms with Crippen molar-refractivity contribution in [3.05, 3.63) is 38.5 Å². The fourth-order valence-corrected chi connectivity index (χ4v) is 3.16. The molecule has 2 rings (SSSR count). The molecule has 24 heavy (non-hydrogen) atoms. The minimum Gasteiger partial charge on any atom is -0.466 e. The third-order valence-corrected chi connectivity index (χ3v) is 4.00. The smallest absolute Gasteiger partial charge is 0.355 e. The molecule has 9 heteroatoms. The molecular formula is C15H12BrClN2O5. The summed E-state index contributed by atoms with van der Waals surface area (Å²) < 4.78 is 15.4. The van der Waals surface area contributed by atoms with Crippen molar-refractivity contribution in [2.24, 2.45) is 0 Å². The summed E-state index contributed by atoms with van der Waals surface area (Å²) in [5, 5.41) is 9.59. The molecule has 0 N–H and O–H groups in total. The number of hydrogen-bond acceptors (Lipinski definition) is 7. The van der Waals surface area contributed by atoms with Gasteiger partial charge in [-0.15, -0.1) is 0 Å². The average molecular weight is 416 g/mol. The molecule has 0 radical (unpaired) electrons. The maximum absolute atomic E-state index is 12.2. The number of nitrogens with zero attached hydrogens (tertiary/aromatic N) is 2. The Bertz CT molecular complexity index is 772. The second-order valence-electron chi connectivity index (χ2n) is 4.61. The van der Waals surface area contributed by atoms with Gasteiger partial charge >= 0.3 is 11.9 Å². The molecule has 0 bridgehead atoms. The maximum Gasteiger partial charge on any atom is 0.355 e. The van der Waals surface area contributed by atoms with Crippen LogP contribution in [0.5, 0.6) is 0 Å². The highest BCUT2D eigenvalue weighted by molar-refractivity contribution is 9.10. The zero-order valence-corrected chi connectivity index (χ0v) is 15.1. The van der Waals surface area contributed by atoms with Crippen molar-refractivity contribution in [1.29, 1.82) is 5.26 Å². The lowest BCUT2D eigenvalue weighted by atomic mass is 10.1. The Morgan fingerprint density at radius 3 is 2.58 bits per heavy atom. The van der Waals surface area contributed by atoms with Gasteiger partial charge in [-0.1, -0.05) is 27.5 Å². The normalized spacial score (nSPS) is 14.2. The maximum atomic E-state index is 12.2. The lowest BCUT2D eigenvalue weighted by Crippen LogP contribution is -2.39. The minimum absolute atomic E-state index is 0.0153. The van der Waals surface area contributed by atoms with Crippen LogP contribution in [0.1, 0.15) is 5.56 Å². The highest BCUT2D eigenvalue weighted by Crippen LogP contribution is 2.37. The number of halogens is 2. The summed E-state index contributed by atoms with van der Waals surface area (Å²) >= 11 is 9.50. The first-order chi connectivity index (χ1) is 11.4. The van der Waals surface area contributed by atoms with Gasteiger partial charge in [-0.05, 0) is 12.1 Å². The number of benzene rings is 1.